The van der Waals surface area contributed by atoms with Gasteiger partial charge < -0.3 is 10.6 Å². The lowest BCUT2D eigenvalue weighted by Crippen LogP contribution is -2.33. The van der Waals surface area contributed by atoms with Gasteiger partial charge in [0.25, 0.3) is 17.0 Å². The maximum atomic E-state index is 13.0. The molecular weight excluding hydrogens is 469 g/mol. The predicted molar refractivity (Wildman–Crippen MR) is 119 cm³/mol. The number of halogens is 3. The van der Waals surface area contributed by atoms with E-state index in [0.29, 0.717) is 0 Å². The number of H-pyrrole nitrogens is 2. The standard InChI is InChI=1S/C22H17F3N6O4/c1-11-15(9-27-31(11)13-5-2-4-12(8-13)22(23,24)25)19(33)26-10-17(32)28-16-7-3-6-14-18(16)21(35)30-29-20(14)34/h2-9H,10H2,1H3,(H,26,33)(H,28,32)(H,29,34)(H,30,35). The van der Waals surface area contributed by atoms with Crippen LogP contribution in [0.15, 0.2) is 58.3 Å². The van der Waals surface area contributed by atoms with Gasteiger partial charge in [-0.1, -0.05) is 12.1 Å². The summed E-state index contributed by atoms with van der Waals surface area (Å²) in [7, 11) is 0. The molecule has 13 heteroatoms. The number of nitrogens with one attached hydrogen (secondary N) is 4. The molecule has 4 rings (SSSR count). The molecule has 2 heterocycles. The maximum Gasteiger partial charge on any atom is 0.416 e. The number of alkyl halides is 3. The Balaban J connectivity index is 1.48. The van der Waals surface area contributed by atoms with Crippen molar-refractivity contribution in [3.8, 4) is 5.69 Å². The van der Waals surface area contributed by atoms with Gasteiger partial charge in [0.1, 0.15) is 0 Å². The number of nitrogens with zero attached hydrogens (tertiary/aromatic N) is 2. The summed E-state index contributed by atoms with van der Waals surface area (Å²) in [5.41, 5.74) is -1.49. The number of aromatic amines is 2. The first-order valence-electron chi connectivity index (χ1n) is 10.1. The van der Waals surface area contributed by atoms with Crippen LogP contribution in [-0.2, 0) is 11.0 Å². The Morgan fingerprint density at radius 3 is 2.51 bits per heavy atom. The molecule has 0 saturated carbocycles. The highest BCUT2D eigenvalue weighted by Gasteiger charge is 2.30. The normalized spacial score (nSPS) is 11.4. The number of amides is 2. The Bertz CT molecular complexity index is 1570. The van der Waals surface area contributed by atoms with Crippen molar-refractivity contribution in [1.82, 2.24) is 25.3 Å². The van der Waals surface area contributed by atoms with Crippen LogP contribution in [0.4, 0.5) is 18.9 Å². The first-order chi connectivity index (χ1) is 16.6. The first kappa shape index (κ1) is 23.5. The summed E-state index contributed by atoms with van der Waals surface area (Å²) in [6.07, 6.45) is -3.35. The number of carbonyl (C=O) groups is 2. The van der Waals surface area contributed by atoms with Crippen molar-refractivity contribution in [1.29, 1.82) is 0 Å². The van der Waals surface area contributed by atoms with Gasteiger partial charge >= 0.3 is 6.18 Å². The summed E-state index contributed by atoms with van der Waals surface area (Å²) in [4.78, 5) is 48.9. The smallest absolute Gasteiger partial charge is 0.343 e. The molecule has 2 amide bonds. The van der Waals surface area contributed by atoms with Gasteiger partial charge in [-0.3, -0.25) is 29.4 Å². The van der Waals surface area contributed by atoms with E-state index in [-0.39, 0.29) is 33.4 Å². The van der Waals surface area contributed by atoms with E-state index in [0.717, 1.165) is 12.1 Å². The summed E-state index contributed by atoms with van der Waals surface area (Å²) >= 11 is 0. The minimum absolute atomic E-state index is 0.0193. The fourth-order valence-corrected chi connectivity index (χ4v) is 3.49. The summed E-state index contributed by atoms with van der Waals surface area (Å²) in [6, 6.07) is 8.82. The molecule has 2 aromatic carbocycles. The highest BCUT2D eigenvalue weighted by Crippen LogP contribution is 2.30. The molecule has 0 spiro atoms. The summed E-state index contributed by atoms with van der Waals surface area (Å²) < 4.78 is 40.2. The van der Waals surface area contributed by atoms with Gasteiger partial charge in [-0.2, -0.15) is 18.3 Å². The molecule has 0 aliphatic carbocycles. The highest BCUT2D eigenvalue weighted by atomic mass is 19.4. The Hall–Kier alpha value is -4.68. The Labute approximate surface area is 193 Å². The number of benzene rings is 2. The number of fused-ring (bicyclic) bond motifs is 1. The second kappa shape index (κ2) is 8.93. The molecular formula is C22H17F3N6O4. The molecule has 0 aliphatic heterocycles. The van der Waals surface area contributed by atoms with Crippen molar-refractivity contribution < 1.29 is 22.8 Å². The zero-order valence-electron chi connectivity index (χ0n) is 18.0. The first-order valence-corrected chi connectivity index (χ1v) is 10.1. The topological polar surface area (TPSA) is 142 Å². The average Bonchev–Trinajstić information content (AvgIpc) is 3.21. The molecule has 4 N–H and O–H groups in total. The maximum absolute atomic E-state index is 13.0. The van der Waals surface area contributed by atoms with Crippen LogP contribution in [0.5, 0.6) is 0 Å². The van der Waals surface area contributed by atoms with Crippen molar-refractivity contribution in [2.75, 3.05) is 11.9 Å². The second-order valence-electron chi connectivity index (χ2n) is 7.47. The van der Waals surface area contributed by atoms with E-state index < -0.39 is 41.2 Å². The number of hydrogen-bond acceptors (Lipinski definition) is 5. The van der Waals surface area contributed by atoms with E-state index in [1.165, 1.54) is 48.1 Å². The minimum atomic E-state index is -4.53. The Kier molecular flexibility index (Phi) is 5.99. The zero-order valence-corrected chi connectivity index (χ0v) is 18.0. The summed E-state index contributed by atoms with van der Waals surface area (Å²) in [6.45, 7) is 1.02. The van der Waals surface area contributed by atoms with Crippen molar-refractivity contribution in [3.63, 3.8) is 0 Å². The fourth-order valence-electron chi connectivity index (χ4n) is 3.49. The molecule has 0 atom stereocenters. The molecule has 2 aromatic heterocycles. The van der Waals surface area contributed by atoms with Crippen LogP contribution in [0.1, 0.15) is 21.6 Å². The van der Waals surface area contributed by atoms with Crippen LogP contribution in [0.3, 0.4) is 0 Å². The van der Waals surface area contributed by atoms with Gasteiger partial charge in [-0.05, 0) is 37.3 Å². The number of aromatic nitrogens is 4. The fraction of sp³-hybridized carbons (Fsp3) is 0.136. The van der Waals surface area contributed by atoms with Crippen LogP contribution in [0.2, 0.25) is 0 Å². The highest BCUT2D eigenvalue weighted by molar-refractivity contribution is 6.04. The van der Waals surface area contributed by atoms with Crippen molar-refractivity contribution in [2.45, 2.75) is 13.1 Å². The molecule has 0 bridgehead atoms. The van der Waals surface area contributed by atoms with Crippen LogP contribution in [0.25, 0.3) is 16.5 Å². The molecule has 0 aliphatic rings. The molecule has 180 valence electrons. The third kappa shape index (κ3) is 4.69. The third-order valence-electron chi connectivity index (χ3n) is 5.18. The molecule has 35 heavy (non-hydrogen) atoms. The van der Waals surface area contributed by atoms with Crippen LogP contribution < -0.4 is 21.8 Å². The van der Waals surface area contributed by atoms with Crippen molar-refractivity contribution in [3.05, 3.63) is 86.2 Å². The lowest BCUT2D eigenvalue weighted by molar-refractivity contribution is -0.137. The lowest BCUT2D eigenvalue weighted by atomic mass is 10.1. The monoisotopic (exact) mass is 486 g/mol. The van der Waals surface area contributed by atoms with Crippen molar-refractivity contribution in [2.24, 2.45) is 0 Å². The van der Waals surface area contributed by atoms with E-state index in [1.54, 1.807) is 0 Å². The quantitative estimate of drug-likeness (QED) is 0.342. The second-order valence-corrected chi connectivity index (χ2v) is 7.47. The van der Waals surface area contributed by atoms with Crippen LogP contribution >= 0.6 is 0 Å². The van der Waals surface area contributed by atoms with Gasteiger partial charge in [0, 0.05) is 0 Å². The predicted octanol–water partition coefficient (Wildman–Crippen LogP) is 2.10. The van der Waals surface area contributed by atoms with Gasteiger partial charge in [0.15, 0.2) is 0 Å². The molecule has 0 fully saturated rings. The Morgan fingerprint density at radius 1 is 1.06 bits per heavy atom. The molecule has 0 saturated heterocycles. The molecule has 4 aromatic rings. The van der Waals surface area contributed by atoms with Crippen LogP contribution in [-0.4, -0.2) is 38.3 Å². The van der Waals surface area contributed by atoms with E-state index in [1.807, 2.05) is 0 Å². The number of rotatable bonds is 5. The van der Waals surface area contributed by atoms with E-state index in [4.69, 9.17) is 0 Å². The molecule has 10 nitrogen and oxygen atoms in total. The Morgan fingerprint density at radius 2 is 1.77 bits per heavy atom. The van der Waals surface area contributed by atoms with E-state index in [2.05, 4.69) is 25.9 Å². The zero-order chi connectivity index (χ0) is 25.3. The number of hydrogen-bond donors (Lipinski definition) is 4. The van der Waals surface area contributed by atoms with E-state index >= 15 is 0 Å². The minimum Gasteiger partial charge on any atom is -0.343 e. The third-order valence-corrected chi connectivity index (χ3v) is 5.18. The average molecular weight is 486 g/mol. The lowest BCUT2D eigenvalue weighted by Gasteiger charge is -2.10. The largest absolute Gasteiger partial charge is 0.416 e. The van der Waals surface area contributed by atoms with Gasteiger partial charge in [-0.15, -0.1) is 0 Å². The van der Waals surface area contributed by atoms with Gasteiger partial charge in [-0.25, -0.2) is 4.68 Å². The molecule has 0 unspecified atom stereocenters. The van der Waals surface area contributed by atoms with Gasteiger partial charge in [0.05, 0.1) is 51.7 Å². The molecule has 0 radical (unpaired) electrons. The summed E-state index contributed by atoms with van der Waals surface area (Å²) in [5, 5.41) is 13.3. The van der Waals surface area contributed by atoms with Crippen LogP contribution in [0, 0.1) is 6.92 Å². The SMILES string of the molecule is Cc1c(C(=O)NCC(=O)Nc2cccc3c(=O)[nH][nH]c(=O)c23)cnn1-c1cccc(C(F)(F)F)c1. The summed E-state index contributed by atoms with van der Waals surface area (Å²) in [5.74, 6) is -1.35. The van der Waals surface area contributed by atoms with Crippen molar-refractivity contribution >= 4 is 28.3 Å². The van der Waals surface area contributed by atoms with Gasteiger partial charge in [0.2, 0.25) is 5.91 Å². The number of carbonyl (C=O) groups excluding carboxylic acids is 2. The number of anilines is 1. The van der Waals surface area contributed by atoms with E-state index in [9.17, 15) is 32.3 Å².